The summed E-state index contributed by atoms with van der Waals surface area (Å²) in [5.41, 5.74) is 14.5. The quantitative estimate of drug-likeness (QED) is 0.194. The maximum Gasteiger partial charge on any atom is 0.143 e. The topological polar surface area (TPSA) is 31.2 Å². The van der Waals surface area contributed by atoms with Gasteiger partial charge in [0.15, 0.2) is 0 Å². The number of rotatable bonds is 2. The van der Waals surface area contributed by atoms with Crippen LogP contribution in [0.2, 0.25) is 0 Å². The predicted molar refractivity (Wildman–Crippen MR) is 198 cm³/mol. The van der Waals surface area contributed by atoms with Gasteiger partial charge >= 0.3 is 0 Å². The average Bonchev–Trinajstić information content (AvgIpc) is 3.85. The Morgan fingerprint density at radius 1 is 0.479 bits per heavy atom. The van der Waals surface area contributed by atoms with Crippen LogP contribution >= 0.6 is 0 Å². The number of aromatic nitrogens is 1. The van der Waals surface area contributed by atoms with Gasteiger partial charge in [-0.25, -0.2) is 0 Å². The van der Waals surface area contributed by atoms with Gasteiger partial charge in [-0.3, -0.25) is 0 Å². The molecule has 0 fully saturated rings. The summed E-state index contributed by atoms with van der Waals surface area (Å²) in [7, 11) is 0. The number of hydrogen-bond acceptors (Lipinski definition) is 2. The van der Waals surface area contributed by atoms with Crippen molar-refractivity contribution in [2.45, 2.75) is 19.3 Å². The zero-order chi connectivity index (χ0) is 31.7. The van der Waals surface area contributed by atoms with Crippen molar-refractivity contribution in [3.8, 4) is 27.9 Å². The molecule has 3 heteroatoms. The third kappa shape index (κ3) is 3.23. The van der Waals surface area contributed by atoms with Crippen LogP contribution in [0.4, 0.5) is 0 Å². The highest BCUT2D eigenvalue weighted by molar-refractivity contribution is 6.18. The van der Waals surface area contributed by atoms with E-state index in [-0.39, 0.29) is 5.41 Å². The molecule has 0 spiro atoms. The van der Waals surface area contributed by atoms with E-state index in [1.54, 1.807) is 0 Å². The number of para-hydroxylation sites is 3. The number of hydrogen-bond donors (Lipinski definition) is 0. The molecule has 226 valence electrons. The van der Waals surface area contributed by atoms with Crippen LogP contribution in [0.15, 0.2) is 148 Å². The number of nitrogens with zero attached hydrogens (tertiary/aromatic N) is 1. The number of fused-ring (bicyclic) bond motifs is 13. The van der Waals surface area contributed by atoms with Crippen molar-refractivity contribution >= 4 is 65.7 Å². The molecule has 0 saturated carbocycles. The zero-order valence-electron chi connectivity index (χ0n) is 26.5. The molecule has 7 aromatic carbocycles. The van der Waals surface area contributed by atoms with E-state index in [2.05, 4.69) is 146 Å². The number of furan rings is 2. The van der Waals surface area contributed by atoms with Gasteiger partial charge in [0.25, 0.3) is 0 Å². The van der Waals surface area contributed by atoms with E-state index >= 15 is 0 Å². The lowest BCUT2D eigenvalue weighted by Gasteiger charge is -2.21. The second-order valence-electron chi connectivity index (χ2n) is 13.7. The van der Waals surface area contributed by atoms with E-state index in [4.69, 9.17) is 8.83 Å². The SMILES string of the molecule is CC1(C)c2ccccc2-c2c1ccc1c2oc2cccc(-n3c4ccccc4c4cc(-c5cccc6c5oc5ccccc56)ccc43)c21. The Kier molecular flexibility index (Phi) is 4.91. The molecule has 0 unspecified atom stereocenters. The molecule has 0 saturated heterocycles. The van der Waals surface area contributed by atoms with Crippen molar-refractivity contribution in [2.75, 3.05) is 0 Å². The number of benzene rings is 7. The molecule has 1 aliphatic rings. The Hall–Kier alpha value is -6.06. The highest BCUT2D eigenvalue weighted by Gasteiger charge is 2.37. The molecular weight excluding hydrogens is 587 g/mol. The molecule has 48 heavy (non-hydrogen) atoms. The monoisotopic (exact) mass is 615 g/mol. The van der Waals surface area contributed by atoms with Gasteiger partial charge in [-0.2, -0.15) is 0 Å². The predicted octanol–water partition coefficient (Wildman–Crippen LogP) is 12.6. The maximum absolute atomic E-state index is 6.83. The molecule has 3 aromatic heterocycles. The average molecular weight is 616 g/mol. The summed E-state index contributed by atoms with van der Waals surface area (Å²) in [4.78, 5) is 0. The maximum atomic E-state index is 6.83. The summed E-state index contributed by atoms with van der Waals surface area (Å²) < 4.78 is 15.7. The van der Waals surface area contributed by atoms with Crippen molar-refractivity contribution in [1.29, 1.82) is 0 Å². The summed E-state index contributed by atoms with van der Waals surface area (Å²) in [5, 5.41) is 6.99. The van der Waals surface area contributed by atoms with E-state index < -0.39 is 0 Å². The second-order valence-corrected chi connectivity index (χ2v) is 13.7. The third-order valence-corrected chi connectivity index (χ3v) is 10.8. The van der Waals surface area contributed by atoms with Crippen LogP contribution in [0, 0.1) is 0 Å². The van der Waals surface area contributed by atoms with Gasteiger partial charge in [0.05, 0.1) is 22.1 Å². The van der Waals surface area contributed by atoms with Gasteiger partial charge in [-0.15, -0.1) is 0 Å². The Balaban J connectivity index is 1.18. The van der Waals surface area contributed by atoms with Gasteiger partial charge in [-0.05, 0) is 58.7 Å². The van der Waals surface area contributed by atoms with Crippen molar-refractivity contribution in [1.82, 2.24) is 4.57 Å². The van der Waals surface area contributed by atoms with Crippen LogP contribution in [0.1, 0.15) is 25.0 Å². The van der Waals surface area contributed by atoms with E-state index in [9.17, 15) is 0 Å². The third-order valence-electron chi connectivity index (χ3n) is 10.8. The van der Waals surface area contributed by atoms with Crippen LogP contribution in [-0.2, 0) is 5.41 Å². The van der Waals surface area contributed by atoms with Crippen molar-refractivity contribution < 1.29 is 8.83 Å². The molecule has 11 rings (SSSR count). The first-order chi connectivity index (χ1) is 23.6. The minimum atomic E-state index is -0.0842. The molecule has 0 aliphatic heterocycles. The lowest BCUT2D eigenvalue weighted by molar-refractivity contribution is 0.653. The zero-order valence-corrected chi connectivity index (χ0v) is 26.5. The molecule has 0 radical (unpaired) electrons. The van der Waals surface area contributed by atoms with Crippen LogP contribution < -0.4 is 0 Å². The smallest absolute Gasteiger partial charge is 0.143 e. The molecule has 0 amide bonds. The fourth-order valence-electron chi connectivity index (χ4n) is 8.61. The van der Waals surface area contributed by atoms with Crippen LogP contribution in [0.3, 0.4) is 0 Å². The van der Waals surface area contributed by atoms with Crippen molar-refractivity contribution in [3.63, 3.8) is 0 Å². The standard InChI is InChI=1S/C45H29NO2/c1-45(2)34-16-6-3-13-31(34)41-35(45)23-22-32-42-38(18-10-20-40(42)48-44(32)41)46-36-17-7-4-11-28(36)33-25-26(21-24-37(33)46)27-14-9-15-30-29-12-5-8-19-39(29)47-43(27)30/h3-25H,1-2H3. The Bertz CT molecular complexity index is 2980. The Labute approximate surface area is 276 Å². The van der Waals surface area contributed by atoms with Gasteiger partial charge in [0.2, 0.25) is 0 Å². The van der Waals surface area contributed by atoms with Gasteiger partial charge < -0.3 is 13.4 Å². The lowest BCUT2D eigenvalue weighted by atomic mass is 9.82. The lowest BCUT2D eigenvalue weighted by Crippen LogP contribution is -2.14. The van der Waals surface area contributed by atoms with E-state index in [1.165, 1.54) is 38.5 Å². The molecule has 0 atom stereocenters. The highest BCUT2D eigenvalue weighted by Crippen LogP contribution is 2.53. The minimum absolute atomic E-state index is 0.0842. The van der Waals surface area contributed by atoms with Gasteiger partial charge in [-0.1, -0.05) is 117 Å². The van der Waals surface area contributed by atoms with Gasteiger partial charge in [0.1, 0.15) is 22.3 Å². The molecule has 10 aromatic rings. The fraction of sp³-hybridized carbons (Fsp3) is 0.0667. The molecule has 1 aliphatic carbocycles. The molecular formula is C45H29NO2. The Morgan fingerprint density at radius 2 is 1.19 bits per heavy atom. The summed E-state index contributed by atoms with van der Waals surface area (Å²) >= 11 is 0. The van der Waals surface area contributed by atoms with Crippen molar-refractivity contribution in [3.05, 3.63) is 151 Å². The molecule has 0 bridgehead atoms. The first-order valence-electron chi connectivity index (χ1n) is 16.6. The molecule has 3 heterocycles. The van der Waals surface area contributed by atoms with Crippen LogP contribution in [0.25, 0.3) is 93.6 Å². The van der Waals surface area contributed by atoms with Gasteiger partial charge in [0, 0.05) is 43.5 Å². The highest BCUT2D eigenvalue weighted by atomic mass is 16.3. The summed E-state index contributed by atoms with van der Waals surface area (Å²) in [6.45, 7) is 4.64. The molecule has 0 N–H and O–H groups in total. The minimum Gasteiger partial charge on any atom is -0.455 e. The summed E-state index contributed by atoms with van der Waals surface area (Å²) in [5.74, 6) is 0. The first-order valence-corrected chi connectivity index (χ1v) is 16.6. The first kappa shape index (κ1) is 26.1. The summed E-state index contributed by atoms with van der Waals surface area (Å²) in [6.07, 6.45) is 0. The van der Waals surface area contributed by atoms with E-state index in [0.29, 0.717) is 0 Å². The molecule has 3 nitrogen and oxygen atoms in total. The van der Waals surface area contributed by atoms with E-state index in [1.807, 2.05) is 12.1 Å². The van der Waals surface area contributed by atoms with Crippen molar-refractivity contribution in [2.24, 2.45) is 0 Å². The second kappa shape index (κ2) is 9.05. The fourth-order valence-corrected chi connectivity index (χ4v) is 8.61. The van der Waals surface area contributed by atoms with E-state index in [0.717, 1.165) is 66.2 Å². The van der Waals surface area contributed by atoms with Crippen LogP contribution in [-0.4, -0.2) is 4.57 Å². The van der Waals surface area contributed by atoms with Crippen LogP contribution in [0.5, 0.6) is 0 Å². The normalized spacial score (nSPS) is 13.8. The Morgan fingerprint density at radius 3 is 2.12 bits per heavy atom. The summed E-state index contributed by atoms with van der Waals surface area (Å²) in [6, 6.07) is 50.1. The largest absolute Gasteiger partial charge is 0.455 e.